The number of primary amides is 1. The van der Waals surface area contributed by atoms with E-state index in [1.807, 2.05) is 4.90 Å². The molecule has 0 saturated carbocycles. The summed E-state index contributed by atoms with van der Waals surface area (Å²) >= 11 is 6.05. The summed E-state index contributed by atoms with van der Waals surface area (Å²) in [6.07, 6.45) is 3.06. The lowest BCUT2D eigenvalue weighted by Crippen LogP contribution is -2.41. The van der Waals surface area contributed by atoms with E-state index in [0.717, 1.165) is 19.4 Å². The summed E-state index contributed by atoms with van der Waals surface area (Å²) in [5, 5.41) is 0.331. The van der Waals surface area contributed by atoms with Gasteiger partial charge in [-0.15, -0.1) is 0 Å². The molecule has 0 aromatic carbocycles. The van der Waals surface area contributed by atoms with E-state index in [1.165, 1.54) is 6.33 Å². The Bertz CT molecular complexity index is 439. The molecule has 1 fully saturated rings. The van der Waals surface area contributed by atoms with Crippen LogP contribution in [0.15, 0.2) is 6.33 Å². The molecule has 1 aromatic rings. The smallest absolute Gasteiger partial charge is 0.222 e. The Hall–Kier alpha value is -1.56. The topological polar surface area (TPSA) is 98.1 Å². The summed E-state index contributed by atoms with van der Waals surface area (Å²) in [5.41, 5.74) is 10.9. The molecular weight excluding hydrogens is 242 g/mol. The number of nitrogens with zero attached hydrogens (tertiary/aromatic N) is 3. The molecule has 1 aliphatic heterocycles. The quantitative estimate of drug-likeness (QED) is 0.798. The Morgan fingerprint density at radius 3 is 3.00 bits per heavy atom. The molecule has 6 nitrogen and oxygen atoms in total. The van der Waals surface area contributed by atoms with Gasteiger partial charge in [0.15, 0.2) is 5.82 Å². The second-order valence-electron chi connectivity index (χ2n) is 4.08. The fraction of sp³-hybridized carbons (Fsp3) is 0.500. The van der Waals surface area contributed by atoms with Crippen LogP contribution in [0.1, 0.15) is 12.8 Å². The normalized spacial score (nSPS) is 20.3. The van der Waals surface area contributed by atoms with Crippen LogP contribution in [0.5, 0.6) is 0 Å². The number of hydrogen-bond donors (Lipinski definition) is 2. The van der Waals surface area contributed by atoms with E-state index in [0.29, 0.717) is 17.4 Å². The third-order valence-electron chi connectivity index (χ3n) is 2.92. The van der Waals surface area contributed by atoms with Gasteiger partial charge in [-0.3, -0.25) is 4.79 Å². The van der Waals surface area contributed by atoms with Crippen LogP contribution in [-0.2, 0) is 4.79 Å². The van der Waals surface area contributed by atoms with E-state index < -0.39 is 0 Å². The van der Waals surface area contributed by atoms with Crippen molar-refractivity contribution < 1.29 is 4.79 Å². The SMILES string of the molecule is NC(=O)C1CCCN(c2ncnc(N)c2Cl)C1. The number of rotatable bonds is 2. The predicted molar refractivity (Wildman–Crippen MR) is 65.6 cm³/mol. The van der Waals surface area contributed by atoms with Gasteiger partial charge in [-0.1, -0.05) is 11.6 Å². The molecule has 0 bridgehead atoms. The summed E-state index contributed by atoms with van der Waals surface area (Å²) in [5.74, 6) is 0.381. The molecule has 0 spiro atoms. The largest absolute Gasteiger partial charge is 0.382 e. The first kappa shape index (κ1) is 11.9. The van der Waals surface area contributed by atoms with E-state index in [1.54, 1.807) is 0 Å². The number of amides is 1. The van der Waals surface area contributed by atoms with Gasteiger partial charge in [0, 0.05) is 13.1 Å². The summed E-state index contributed by atoms with van der Waals surface area (Å²) in [6, 6.07) is 0. The van der Waals surface area contributed by atoms with E-state index >= 15 is 0 Å². The molecule has 1 saturated heterocycles. The number of hydrogen-bond acceptors (Lipinski definition) is 5. The lowest BCUT2D eigenvalue weighted by molar-refractivity contribution is -0.122. The van der Waals surface area contributed by atoms with Gasteiger partial charge in [0.2, 0.25) is 5.91 Å². The van der Waals surface area contributed by atoms with Crippen LogP contribution >= 0.6 is 11.6 Å². The zero-order chi connectivity index (χ0) is 12.4. The Kier molecular flexibility index (Phi) is 3.33. The molecule has 2 heterocycles. The van der Waals surface area contributed by atoms with Crippen LogP contribution < -0.4 is 16.4 Å². The van der Waals surface area contributed by atoms with Crippen LogP contribution in [-0.4, -0.2) is 29.0 Å². The maximum Gasteiger partial charge on any atom is 0.222 e. The minimum Gasteiger partial charge on any atom is -0.382 e. The first-order valence-corrected chi connectivity index (χ1v) is 5.77. The molecule has 1 amide bonds. The summed E-state index contributed by atoms with van der Waals surface area (Å²) in [7, 11) is 0. The molecule has 1 aliphatic rings. The summed E-state index contributed by atoms with van der Waals surface area (Å²) in [6.45, 7) is 1.32. The Morgan fingerprint density at radius 2 is 2.29 bits per heavy atom. The van der Waals surface area contributed by atoms with Crippen molar-refractivity contribution in [2.45, 2.75) is 12.8 Å². The minimum absolute atomic E-state index is 0.156. The molecule has 0 radical (unpaired) electrons. The van der Waals surface area contributed by atoms with Crippen molar-refractivity contribution in [2.24, 2.45) is 11.7 Å². The van der Waals surface area contributed by atoms with Gasteiger partial charge in [-0.25, -0.2) is 9.97 Å². The number of piperidine rings is 1. The van der Waals surface area contributed by atoms with Gasteiger partial charge in [0.1, 0.15) is 17.2 Å². The van der Waals surface area contributed by atoms with Crippen LogP contribution in [0.3, 0.4) is 0 Å². The number of carbonyl (C=O) groups is 1. The monoisotopic (exact) mass is 255 g/mol. The fourth-order valence-corrected chi connectivity index (χ4v) is 2.21. The van der Waals surface area contributed by atoms with Gasteiger partial charge in [0.25, 0.3) is 0 Å². The number of nitrogens with two attached hydrogens (primary N) is 2. The highest BCUT2D eigenvalue weighted by Gasteiger charge is 2.26. The fourth-order valence-electron chi connectivity index (χ4n) is 2.00. The first-order valence-electron chi connectivity index (χ1n) is 5.40. The summed E-state index contributed by atoms with van der Waals surface area (Å²) in [4.78, 5) is 21.0. The maximum absolute atomic E-state index is 11.2. The van der Waals surface area contributed by atoms with Gasteiger partial charge in [0.05, 0.1) is 5.92 Å². The Labute approximate surface area is 104 Å². The van der Waals surface area contributed by atoms with Crippen molar-refractivity contribution in [1.29, 1.82) is 0 Å². The maximum atomic E-state index is 11.2. The molecule has 1 aromatic heterocycles. The summed E-state index contributed by atoms with van der Waals surface area (Å²) < 4.78 is 0. The lowest BCUT2D eigenvalue weighted by atomic mass is 9.97. The Balaban J connectivity index is 2.22. The van der Waals surface area contributed by atoms with Gasteiger partial charge in [-0.05, 0) is 12.8 Å². The predicted octanol–water partition coefficient (Wildman–Crippen LogP) is 0.414. The molecule has 17 heavy (non-hydrogen) atoms. The zero-order valence-electron chi connectivity index (χ0n) is 9.27. The van der Waals surface area contributed by atoms with Crippen molar-refractivity contribution in [3.05, 3.63) is 11.3 Å². The van der Waals surface area contributed by atoms with Gasteiger partial charge in [-0.2, -0.15) is 0 Å². The number of anilines is 2. The van der Waals surface area contributed by atoms with Crippen molar-refractivity contribution in [3.8, 4) is 0 Å². The number of carbonyl (C=O) groups excluding carboxylic acids is 1. The molecule has 2 rings (SSSR count). The lowest BCUT2D eigenvalue weighted by Gasteiger charge is -2.32. The first-order chi connectivity index (χ1) is 8.09. The molecule has 0 aliphatic carbocycles. The van der Waals surface area contributed by atoms with Crippen molar-refractivity contribution in [3.63, 3.8) is 0 Å². The van der Waals surface area contributed by atoms with E-state index in [-0.39, 0.29) is 17.6 Å². The van der Waals surface area contributed by atoms with Crippen molar-refractivity contribution in [1.82, 2.24) is 9.97 Å². The molecule has 7 heteroatoms. The standard InChI is InChI=1S/C10H14ClN5O/c11-7-8(12)14-5-15-10(7)16-3-1-2-6(4-16)9(13)17/h5-6H,1-4H2,(H2,13,17)(H2,12,14,15). The van der Waals surface area contributed by atoms with Crippen LogP contribution in [0.25, 0.3) is 0 Å². The zero-order valence-corrected chi connectivity index (χ0v) is 10.0. The van der Waals surface area contributed by atoms with E-state index in [2.05, 4.69) is 9.97 Å². The average molecular weight is 256 g/mol. The number of aromatic nitrogens is 2. The average Bonchev–Trinajstić information content (AvgIpc) is 2.33. The van der Waals surface area contributed by atoms with Crippen LogP contribution in [0.4, 0.5) is 11.6 Å². The minimum atomic E-state index is -0.284. The highest BCUT2D eigenvalue weighted by atomic mass is 35.5. The van der Waals surface area contributed by atoms with Gasteiger partial charge < -0.3 is 16.4 Å². The molecule has 92 valence electrons. The number of halogens is 1. The third kappa shape index (κ3) is 2.41. The Morgan fingerprint density at radius 1 is 1.53 bits per heavy atom. The van der Waals surface area contributed by atoms with Crippen LogP contribution in [0, 0.1) is 5.92 Å². The second kappa shape index (κ2) is 4.75. The second-order valence-corrected chi connectivity index (χ2v) is 4.46. The molecular formula is C10H14ClN5O. The van der Waals surface area contributed by atoms with Gasteiger partial charge >= 0.3 is 0 Å². The molecule has 4 N–H and O–H groups in total. The molecule has 1 atom stereocenters. The van der Waals surface area contributed by atoms with Crippen molar-refractivity contribution in [2.75, 3.05) is 23.7 Å². The molecule has 1 unspecified atom stereocenters. The van der Waals surface area contributed by atoms with Crippen LogP contribution in [0.2, 0.25) is 5.02 Å². The van der Waals surface area contributed by atoms with E-state index in [9.17, 15) is 4.79 Å². The number of nitrogen functional groups attached to an aromatic ring is 1. The highest BCUT2D eigenvalue weighted by molar-refractivity contribution is 6.35. The van der Waals surface area contributed by atoms with Crippen molar-refractivity contribution >= 4 is 29.1 Å². The van der Waals surface area contributed by atoms with E-state index in [4.69, 9.17) is 23.1 Å². The third-order valence-corrected chi connectivity index (χ3v) is 3.28. The highest BCUT2D eigenvalue weighted by Crippen LogP contribution is 2.30.